The predicted octanol–water partition coefficient (Wildman–Crippen LogP) is 2.71. The van der Waals surface area contributed by atoms with Crippen molar-refractivity contribution in [2.24, 2.45) is 11.8 Å². The van der Waals surface area contributed by atoms with E-state index >= 15 is 0 Å². The van der Waals surface area contributed by atoms with E-state index in [4.69, 9.17) is 0 Å². The second-order valence-corrected chi connectivity index (χ2v) is 8.74. The summed E-state index contributed by atoms with van der Waals surface area (Å²) < 4.78 is 0. The van der Waals surface area contributed by atoms with Gasteiger partial charge in [0.2, 0.25) is 17.7 Å². The molecule has 0 radical (unpaired) electrons. The van der Waals surface area contributed by atoms with Crippen molar-refractivity contribution in [2.75, 3.05) is 6.54 Å². The number of hydrogen-bond acceptors (Lipinski definition) is 4. The Labute approximate surface area is 148 Å². The van der Waals surface area contributed by atoms with Crippen molar-refractivity contribution in [3.63, 3.8) is 0 Å². The van der Waals surface area contributed by atoms with Crippen molar-refractivity contribution >= 4 is 29.5 Å². The quantitative estimate of drug-likeness (QED) is 0.747. The Morgan fingerprint density at radius 3 is 2.46 bits per heavy atom. The Hall–Kier alpha value is -1.30. The number of imide groups is 1. The molecule has 1 atom stereocenters. The van der Waals surface area contributed by atoms with E-state index in [0.29, 0.717) is 12.5 Å². The summed E-state index contributed by atoms with van der Waals surface area (Å²) in [5.41, 5.74) is 0. The fourth-order valence-corrected chi connectivity index (χ4v) is 4.39. The summed E-state index contributed by atoms with van der Waals surface area (Å²) in [6.07, 6.45) is 3.74. The van der Waals surface area contributed by atoms with E-state index in [2.05, 4.69) is 11.9 Å². The van der Waals surface area contributed by atoms with Crippen LogP contribution in [-0.4, -0.2) is 40.5 Å². The summed E-state index contributed by atoms with van der Waals surface area (Å²) in [7, 11) is 0. The third kappa shape index (κ3) is 4.85. The zero-order valence-corrected chi connectivity index (χ0v) is 15.7. The zero-order chi connectivity index (χ0) is 17.9. The Morgan fingerprint density at radius 1 is 1.29 bits per heavy atom. The van der Waals surface area contributed by atoms with Crippen LogP contribution in [0.5, 0.6) is 0 Å². The highest BCUT2D eigenvalue weighted by Crippen LogP contribution is 2.33. The molecule has 2 aliphatic rings. The summed E-state index contributed by atoms with van der Waals surface area (Å²) in [5, 5.41) is 2.67. The predicted molar refractivity (Wildman–Crippen MR) is 96.3 cm³/mol. The van der Waals surface area contributed by atoms with Gasteiger partial charge in [0.05, 0.1) is 5.25 Å². The van der Waals surface area contributed by atoms with Crippen molar-refractivity contribution in [3.05, 3.63) is 11.5 Å². The minimum Gasteiger partial charge on any atom is -0.354 e. The number of carbonyl (C=O) groups is 3. The first-order chi connectivity index (χ1) is 11.3. The molecule has 0 aromatic rings. The standard InChI is InChI=1S/C18H28N2O3S/c1-11(2)19-17(22)14-7-5-13(6-8-14)10-20-16(21)9-15(18(20)23)24-12(3)4/h11,13-15H,3,5-10H2,1-2,4H3,(H,19,22). The lowest BCUT2D eigenvalue weighted by atomic mass is 9.81. The SMILES string of the molecule is C=C(C)SC1CC(=O)N(CC2CCC(C(=O)NC(C)C)CC2)C1=O. The number of allylic oxidation sites excluding steroid dienone is 1. The van der Waals surface area contributed by atoms with Crippen LogP contribution in [-0.2, 0) is 14.4 Å². The third-order valence-corrected chi connectivity index (χ3v) is 5.69. The molecule has 1 N–H and O–H groups in total. The van der Waals surface area contributed by atoms with Gasteiger partial charge in [0.15, 0.2) is 0 Å². The largest absolute Gasteiger partial charge is 0.354 e. The fraction of sp³-hybridized carbons (Fsp3) is 0.722. The van der Waals surface area contributed by atoms with E-state index in [1.54, 1.807) is 0 Å². The van der Waals surface area contributed by atoms with Crippen molar-refractivity contribution in [1.82, 2.24) is 10.2 Å². The van der Waals surface area contributed by atoms with Crippen LogP contribution >= 0.6 is 11.8 Å². The molecule has 1 saturated heterocycles. The molecule has 2 rings (SSSR count). The molecular formula is C18H28N2O3S. The van der Waals surface area contributed by atoms with E-state index in [-0.39, 0.29) is 41.4 Å². The van der Waals surface area contributed by atoms with Gasteiger partial charge in [0.1, 0.15) is 0 Å². The average Bonchev–Trinajstić information content (AvgIpc) is 2.74. The Morgan fingerprint density at radius 2 is 1.92 bits per heavy atom. The van der Waals surface area contributed by atoms with Crippen molar-refractivity contribution in [3.8, 4) is 0 Å². The van der Waals surface area contributed by atoms with Gasteiger partial charge in [-0.25, -0.2) is 0 Å². The zero-order valence-electron chi connectivity index (χ0n) is 14.8. The summed E-state index contributed by atoms with van der Waals surface area (Å²) in [6.45, 7) is 10.1. The lowest BCUT2D eigenvalue weighted by molar-refractivity contribution is -0.139. The van der Waals surface area contributed by atoms with Crippen LogP contribution in [0.25, 0.3) is 0 Å². The van der Waals surface area contributed by atoms with Crippen LogP contribution in [0, 0.1) is 11.8 Å². The number of rotatable bonds is 6. The van der Waals surface area contributed by atoms with Crippen LogP contribution in [0.3, 0.4) is 0 Å². The topological polar surface area (TPSA) is 66.5 Å². The second kappa shape index (κ2) is 8.19. The lowest BCUT2D eigenvalue weighted by Gasteiger charge is -2.30. The molecule has 1 saturated carbocycles. The van der Waals surface area contributed by atoms with Crippen LogP contribution in [0.2, 0.25) is 0 Å². The molecule has 2 fully saturated rings. The molecule has 1 aliphatic carbocycles. The van der Waals surface area contributed by atoms with E-state index in [1.165, 1.54) is 16.7 Å². The van der Waals surface area contributed by atoms with Crippen LogP contribution in [0.15, 0.2) is 11.5 Å². The molecule has 134 valence electrons. The molecule has 0 spiro atoms. The van der Waals surface area contributed by atoms with E-state index in [1.807, 2.05) is 20.8 Å². The number of nitrogens with one attached hydrogen (secondary N) is 1. The molecule has 1 aliphatic heterocycles. The first-order valence-electron chi connectivity index (χ1n) is 8.74. The van der Waals surface area contributed by atoms with Gasteiger partial charge in [0, 0.05) is 24.9 Å². The van der Waals surface area contributed by atoms with Gasteiger partial charge in [-0.2, -0.15) is 0 Å². The average molecular weight is 353 g/mol. The van der Waals surface area contributed by atoms with Crippen LogP contribution < -0.4 is 5.32 Å². The Bertz CT molecular complexity index is 524. The van der Waals surface area contributed by atoms with E-state index in [0.717, 1.165) is 30.6 Å². The summed E-state index contributed by atoms with van der Waals surface area (Å²) in [4.78, 5) is 38.9. The number of likely N-dealkylation sites (tertiary alicyclic amines) is 1. The maximum absolute atomic E-state index is 12.4. The van der Waals surface area contributed by atoms with E-state index < -0.39 is 0 Å². The number of carbonyl (C=O) groups excluding carboxylic acids is 3. The molecule has 0 aromatic heterocycles. The van der Waals surface area contributed by atoms with Crippen LogP contribution in [0.4, 0.5) is 0 Å². The normalized spacial score (nSPS) is 27.7. The minimum atomic E-state index is -0.303. The Balaban J connectivity index is 1.83. The molecule has 0 bridgehead atoms. The van der Waals surface area contributed by atoms with Gasteiger partial charge in [-0.15, -0.1) is 11.8 Å². The van der Waals surface area contributed by atoms with E-state index in [9.17, 15) is 14.4 Å². The van der Waals surface area contributed by atoms with Gasteiger partial charge in [-0.3, -0.25) is 19.3 Å². The molecule has 0 aromatic carbocycles. The molecule has 1 unspecified atom stereocenters. The number of amides is 3. The molecule has 6 heteroatoms. The Kier molecular flexibility index (Phi) is 6.49. The number of hydrogen-bond donors (Lipinski definition) is 1. The molecule has 3 amide bonds. The molecular weight excluding hydrogens is 324 g/mol. The van der Waals surface area contributed by atoms with Gasteiger partial charge in [-0.1, -0.05) is 6.58 Å². The number of nitrogens with zero attached hydrogens (tertiary/aromatic N) is 1. The number of thioether (sulfide) groups is 1. The second-order valence-electron chi connectivity index (χ2n) is 7.24. The van der Waals surface area contributed by atoms with Gasteiger partial charge in [0.25, 0.3) is 0 Å². The molecule has 1 heterocycles. The summed E-state index contributed by atoms with van der Waals surface area (Å²) in [6, 6.07) is 0.165. The van der Waals surface area contributed by atoms with Crippen molar-refractivity contribution in [1.29, 1.82) is 0 Å². The maximum Gasteiger partial charge on any atom is 0.243 e. The summed E-state index contributed by atoms with van der Waals surface area (Å²) >= 11 is 1.39. The van der Waals surface area contributed by atoms with Crippen molar-refractivity contribution < 1.29 is 14.4 Å². The monoisotopic (exact) mass is 352 g/mol. The van der Waals surface area contributed by atoms with Crippen LogP contribution in [0.1, 0.15) is 52.9 Å². The van der Waals surface area contributed by atoms with Gasteiger partial charge in [-0.05, 0) is 57.3 Å². The third-order valence-electron chi connectivity index (χ3n) is 4.64. The maximum atomic E-state index is 12.4. The molecule has 5 nitrogen and oxygen atoms in total. The first kappa shape index (κ1) is 19.0. The fourth-order valence-electron chi connectivity index (χ4n) is 3.45. The minimum absolute atomic E-state index is 0.0698. The highest BCUT2D eigenvalue weighted by atomic mass is 32.2. The van der Waals surface area contributed by atoms with Gasteiger partial charge < -0.3 is 5.32 Å². The highest BCUT2D eigenvalue weighted by Gasteiger charge is 2.40. The van der Waals surface area contributed by atoms with Gasteiger partial charge >= 0.3 is 0 Å². The molecule has 24 heavy (non-hydrogen) atoms. The lowest BCUT2D eigenvalue weighted by Crippen LogP contribution is -2.40. The highest BCUT2D eigenvalue weighted by molar-refractivity contribution is 8.04. The first-order valence-corrected chi connectivity index (χ1v) is 9.62. The van der Waals surface area contributed by atoms with Crippen molar-refractivity contribution in [2.45, 2.75) is 64.2 Å². The smallest absolute Gasteiger partial charge is 0.243 e. The summed E-state index contributed by atoms with van der Waals surface area (Å²) in [5.74, 6) is 0.371.